The van der Waals surface area contributed by atoms with Gasteiger partial charge in [-0.1, -0.05) is 110 Å². The van der Waals surface area contributed by atoms with Gasteiger partial charge in [0.15, 0.2) is 0 Å². The lowest BCUT2D eigenvalue weighted by Crippen LogP contribution is -2.56. The second kappa shape index (κ2) is 24.9. The molecular formula is C50H77F2N5O4S. The average molecular weight is 882 g/mol. The van der Waals surface area contributed by atoms with Crippen molar-refractivity contribution in [2.75, 3.05) is 77.5 Å². The number of nitrogens with zero attached hydrogens (tertiary/aromatic N) is 5. The smallest absolute Gasteiger partial charge is 0.216 e. The molecule has 3 fully saturated rings. The summed E-state index contributed by atoms with van der Waals surface area (Å²) in [5.41, 5.74) is 1.000. The van der Waals surface area contributed by atoms with Crippen LogP contribution in [0.25, 0.3) is 10.9 Å². The summed E-state index contributed by atoms with van der Waals surface area (Å²) >= 11 is 0. The molecule has 346 valence electrons. The highest BCUT2D eigenvalue weighted by Crippen LogP contribution is 2.40. The SMILES string of the molecule is CCCCCCCCCCCCCCCCCCOc1cc(F)c(S(=O)(=O)c2cnc3ccc(OC)cc3c2N2CCC(N3CCN(C4CCN(CC)CC4)CC3)CC2)c(F)c1. The van der Waals surface area contributed by atoms with Gasteiger partial charge in [0.2, 0.25) is 9.84 Å². The molecule has 0 spiro atoms. The van der Waals surface area contributed by atoms with Crippen molar-refractivity contribution in [3.05, 3.63) is 48.2 Å². The molecule has 0 atom stereocenters. The van der Waals surface area contributed by atoms with E-state index in [4.69, 9.17) is 9.47 Å². The minimum absolute atomic E-state index is 0.00806. The van der Waals surface area contributed by atoms with Gasteiger partial charge in [-0.25, -0.2) is 17.2 Å². The third-order valence-corrected chi connectivity index (χ3v) is 15.8. The second-order valence-electron chi connectivity index (χ2n) is 18.2. The van der Waals surface area contributed by atoms with Crippen molar-refractivity contribution in [2.45, 2.75) is 164 Å². The quantitative estimate of drug-likeness (QED) is 0.0773. The summed E-state index contributed by atoms with van der Waals surface area (Å²) < 4.78 is 72.0. The Hall–Kier alpha value is -3.06. The van der Waals surface area contributed by atoms with Crippen LogP contribution in [0.2, 0.25) is 0 Å². The summed E-state index contributed by atoms with van der Waals surface area (Å²) in [5, 5.41) is 0.575. The number of methoxy groups -OCH3 is 1. The van der Waals surface area contributed by atoms with Gasteiger partial charge in [0, 0.05) is 75.1 Å². The number of halogens is 2. The Morgan fingerprint density at radius 2 is 1.15 bits per heavy atom. The summed E-state index contributed by atoms with van der Waals surface area (Å²) in [6, 6.07) is 8.40. The average Bonchev–Trinajstić information content (AvgIpc) is 3.29. The van der Waals surface area contributed by atoms with Crippen LogP contribution < -0.4 is 14.4 Å². The molecule has 2 aromatic carbocycles. The molecule has 1 aromatic heterocycles. The van der Waals surface area contributed by atoms with Crippen molar-refractivity contribution in [1.29, 1.82) is 0 Å². The molecule has 3 aliphatic rings. The number of hydrogen-bond donors (Lipinski definition) is 0. The van der Waals surface area contributed by atoms with Crippen LogP contribution in [0.4, 0.5) is 14.5 Å². The largest absolute Gasteiger partial charge is 0.497 e. The Bertz CT molecular complexity index is 1890. The number of pyridine rings is 1. The van der Waals surface area contributed by atoms with Gasteiger partial charge in [-0.2, -0.15) is 0 Å². The first-order valence-electron chi connectivity index (χ1n) is 24.5. The summed E-state index contributed by atoms with van der Waals surface area (Å²) in [7, 11) is -3.13. The Morgan fingerprint density at radius 3 is 1.65 bits per heavy atom. The summed E-state index contributed by atoms with van der Waals surface area (Å²) in [4.78, 5) is 13.2. The molecule has 6 rings (SSSR count). The van der Waals surface area contributed by atoms with E-state index < -0.39 is 26.4 Å². The molecule has 62 heavy (non-hydrogen) atoms. The number of aromatic nitrogens is 1. The molecule has 0 amide bonds. The molecule has 9 nitrogen and oxygen atoms in total. The highest BCUT2D eigenvalue weighted by atomic mass is 32.2. The number of anilines is 1. The minimum Gasteiger partial charge on any atom is -0.497 e. The first kappa shape index (κ1) is 48.4. The molecule has 0 N–H and O–H groups in total. The van der Waals surface area contributed by atoms with E-state index in [0.29, 0.717) is 54.1 Å². The van der Waals surface area contributed by atoms with Crippen molar-refractivity contribution >= 4 is 26.4 Å². The third-order valence-electron chi connectivity index (χ3n) is 14.0. The second-order valence-corrected chi connectivity index (χ2v) is 20.0. The fourth-order valence-corrected chi connectivity index (χ4v) is 11.7. The van der Waals surface area contributed by atoms with Gasteiger partial charge in [-0.3, -0.25) is 14.8 Å². The van der Waals surface area contributed by atoms with Gasteiger partial charge in [0.1, 0.15) is 32.9 Å². The zero-order chi connectivity index (χ0) is 43.7. The molecule has 3 aliphatic heterocycles. The lowest BCUT2D eigenvalue weighted by atomic mass is 9.99. The van der Waals surface area contributed by atoms with E-state index in [9.17, 15) is 8.42 Å². The first-order chi connectivity index (χ1) is 30.2. The van der Waals surface area contributed by atoms with Gasteiger partial charge in [-0.15, -0.1) is 0 Å². The molecule has 3 aromatic rings. The van der Waals surface area contributed by atoms with E-state index >= 15 is 8.78 Å². The van der Waals surface area contributed by atoms with E-state index in [2.05, 4.69) is 38.4 Å². The van der Waals surface area contributed by atoms with Crippen molar-refractivity contribution in [2.24, 2.45) is 0 Å². The van der Waals surface area contributed by atoms with Crippen molar-refractivity contribution < 1.29 is 26.7 Å². The number of piperidine rings is 2. The van der Waals surface area contributed by atoms with Gasteiger partial charge >= 0.3 is 0 Å². The van der Waals surface area contributed by atoms with E-state index in [1.54, 1.807) is 25.3 Å². The van der Waals surface area contributed by atoms with E-state index in [1.807, 2.05) is 0 Å². The van der Waals surface area contributed by atoms with Gasteiger partial charge in [-0.05, 0) is 69.9 Å². The molecular weight excluding hydrogens is 805 g/mol. The Kier molecular flexibility index (Phi) is 19.4. The number of fused-ring (bicyclic) bond motifs is 1. The number of likely N-dealkylation sites (tertiary alicyclic amines) is 1. The molecule has 4 heterocycles. The van der Waals surface area contributed by atoms with Crippen LogP contribution in [-0.2, 0) is 9.84 Å². The van der Waals surface area contributed by atoms with Crippen molar-refractivity contribution in [1.82, 2.24) is 19.7 Å². The zero-order valence-corrected chi connectivity index (χ0v) is 39.2. The lowest BCUT2D eigenvalue weighted by molar-refractivity contribution is 0.0384. The predicted octanol–water partition coefficient (Wildman–Crippen LogP) is 11.1. The number of benzene rings is 2. The maximum absolute atomic E-state index is 15.9. The summed E-state index contributed by atoms with van der Waals surface area (Å²) in [5.74, 6) is -1.80. The molecule has 0 bridgehead atoms. The van der Waals surface area contributed by atoms with Crippen LogP contribution in [0, 0.1) is 11.6 Å². The normalized spacial score (nSPS) is 17.9. The van der Waals surface area contributed by atoms with E-state index in [1.165, 1.54) is 116 Å². The van der Waals surface area contributed by atoms with Gasteiger partial charge in [0.05, 0.1) is 24.9 Å². The number of sulfone groups is 1. The zero-order valence-electron chi connectivity index (χ0n) is 38.4. The number of unbranched alkanes of at least 4 members (excludes halogenated alkanes) is 15. The van der Waals surface area contributed by atoms with E-state index in [0.717, 1.165) is 77.0 Å². The summed E-state index contributed by atoms with van der Waals surface area (Å²) in [6.07, 6.45) is 25.6. The fraction of sp³-hybridized carbons (Fsp3) is 0.700. The Labute approximate surface area is 372 Å². The van der Waals surface area contributed by atoms with Crippen LogP contribution in [0.5, 0.6) is 11.5 Å². The first-order valence-corrected chi connectivity index (χ1v) is 26.0. The topological polar surface area (TPSA) is 78.4 Å². The number of piperazine rings is 1. The molecule has 0 saturated carbocycles. The maximum atomic E-state index is 15.9. The highest BCUT2D eigenvalue weighted by molar-refractivity contribution is 7.91. The van der Waals surface area contributed by atoms with E-state index in [-0.39, 0.29) is 10.6 Å². The van der Waals surface area contributed by atoms with Crippen LogP contribution in [0.3, 0.4) is 0 Å². The molecule has 0 radical (unpaired) electrons. The number of hydrogen-bond acceptors (Lipinski definition) is 9. The molecule has 3 saturated heterocycles. The maximum Gasteiger partial charge on any atom is 0.216 e. The Morgan fingerprint density at radius 1 is 0.645 bits per heavy atom. The lowest BCUT2D eigenvalue weighted by Gasteiger charge is -2.46. The van der Waals surface area contributed by atoms with Gasteiger partial charge in [0.25, 0.3) is 0 Å². The molecule has 12 heteroatoms. The van der Waals surface area contributed by atoms with Gasteiger partial charge < -0.3 is 19.3 Å². The number of rotatable bonds is 25. The monoisotopic (exact) mass is 882 g/mol. The van der Waals surface area contributed by atoms with Crippen LogP contribution in [-0.4, -0.2) is 113 Å². The van der Waals surface area contributed by atoms with Crippen LogP contribution >= 0.6 is 0 Å². The highest BCUT2D eigenvalue weighted by Gasteiger charge is 2.36. The Balaban J connectivity index is 1.01. The number of ether oxygens (including phenoxy) is 2. The van der Waals surface area contributed by atoms with Crippen LogP contribution in [0.15, 0.2) is 46.3 Å². The van der Waals surface area contributed by atoms with Crippen molar-refractivity contribution in [3.63, 3.8) is 0 Å². The summed E-state index contributed by atoms with van der Waals surface area (Å²) in [6.45, 7) is 13.8. The molecule has 0 unspecified atom stereocenters. The minimum atomic E-state index is -4.69. The molecule has 0 aliphatic carbocycles. The standard InChI is InChI=1S/C50H77F2N5O4S/c1-4-6-7-8-9-10-11-12-13-14-15-16-17-18-19-20-35-61-43-37-45(51)50(46(52)38-43)62(58,59)48-39-53-47-22-21-42(60-3)36-44(47)49(48)57-29-25-41(26-30-57)56-33-31-55(32-34-56)40-23-27-54(5-2)28-24-40/h21-22,36-41H,4-20,23-35H2,1-3H3. The third kappa shape index (κ3) is 13.3. The van der Waals surface area contributed by atoms with Crippen molar-refractivity contribution in [3.8, 4) is 11.5 Å². The fourth-order valence-electron chi connectivity index (χ4n) is 10.1. The van der Waals surface area contributed by atoms with Crippen LogP contribution in [0.1, 0.15) is 142 Å². The predicted molar refractivity (Wildman–Crippen MR) is 249 cm³/mol.